The largest absolute Gasteiger partial charge is 0.497 e. The minimum atomic E-state index is -3.79. The molecule has 160 valence electrons. The Bertz CT molecular complexity index is 1020. The van der Waals surface area contributed by atoms with Crippen molar-refractivity contribution in [1.29, 1.82) is 0 Å². The van der Waals surface area contributed by atoms with Crippen molar-refractivity contribution in [3.8, 4) is 5.75 Å². The topological polar surface area (TPSA) is 66.9 Å². The van der Waals surface area contributed by atoms with Gasteiger partial charge in [-0.2, -0.15) is 0 Å². The van der Waals surface area contributed by atoms with E-state index in [2.05, 4.69) is 0 Å². The molecule has 0 bridgehead atoms. The minimum Gasteiger partial charge on any atom is -0.497 e. The molecule has 1 aliphatic carbocycles. The van der Waals surface area contributed by atoms with E-state index >= 15 is 0 Å². The van der Waals surface area contributed by atoms with Crippen molar-refractivity contribution in [2.75, 3.05) is 25.0 Å². The summed E-state index contributed by atoms with van der Waals surface area (Å²) in [6, 6.07) is 13.5. The molecular weight excluding hydrogens is 400 g/mol. The molecule has 0 radical (unpaired) electrons. The second-order valence-electron chi connectivity index (χ2n) is 8.10. The fraction of sp³-hybridized carbons (Fsp3) is 0.435. The van der Waals surface area contributed by atoms with E-state index in [0.717, 1.165) is 25.8 Å². The lowest BCUT2D eigenvalue weighted by Gasteiger charge is -2.31. The molecule has 0 aromatic heterocycles. The van der Waals surface area contributed by atoms with Crippen LogP contribution in [0.5, 0.6) is 5.75 Å². The van der Waals surface area contributed by atoms with E-state index in [1.165, 1.54) is 30.3 Å². The van der Waals surface area contributed by atoms with Gasteiger partial charge in [0.1, 0.15) is 5.75 Å². The number of carbonyl (C=O) groups is 1. The first-order valence-corrected chi connectivity index (χ1v) is 11.9. The summed E-state index contributed by atoms with van der Waals surface area (Å²) in [5.74, 6) is 1.19. The van der Waals surface area contributed by atoms with Gasteiger partial charge in [0.25, 0.3) is 15.9 Å². The number of hydrogen-bond acceptors (Lipinski definition) is 4. The molecule has 1 saturated carbocycles. The number of carbonyl (C=O) groups excluding carboxylic acids is 1. The van der Waals surface area contributed by atoms with Crippen molar-refractivity contribution < 1.29 is 17.9 Å². The summed E-state index contributed by atoms with van der Waals surface area (Å²) in [7, 11) is -0.717. The third-order valence-corrected chi connectivity index (χ3v) is 8.23. The summed E-state index contributed by atoms with van der Waals surface area (Å²) in [4.78, 5) is 15.3. The molecule has 0 spiro atoms. The number of rotatable bonds is 5. The number of likely N-dealkylation sites (tertiary alicyclic amines) is 1. The number of anilines is 1. The van der Waals surface area contributed by atoms with Gasteiger partial charge in [0.15, 0.2) is 0 Å². The molecule has 30 heavy (non-hydrogen) atoms. The maximum absolute atomic E-state index is 13.2. The Morgan fingerprint density at radius 3 is 2.53 bits per heavy atom. The first-order chi connectivity index (χ1) is 14.4. The van der Waals surface area contributed by atoms with E-state index in [1.54, 1.807) is 49.6 Å². The van der Waals surface area contributed by atoms with Gasteiger partial charge in [-0.05, 0) is 67.6 Å². The molecule has 1 amide bonds. The monoisotopic (exact) mass is 428 g/mol. The predicted octanol–water partition coefficient (Wildman–Crippen LogP) is 3.93. The van der Waals surface area contributed by atoms with Crippen LogP contribution in [0.3, 0.4) is 0 Å². The van der Waals surface area contributed by atoms with E-state index in [0.29, 0.717) is 29.0 Å². The molecule has 4 rings (SSSR count). The van der Waals surface area contributed by atoms with Gasteiger partial charge in [0.2, 0.25) is 0 Å². The van der Waals surface area contributed by atoms with Crippen LogP contribution in [0.4, 0.5) is 5.69 Å². The zero-order chi connectivity index (χ0) is 21.3. The van der Waals surface area contributed by atoms with Crippen LogP contribution in [0, 0.1) is 5.92 Å². The molecular formula is C23H28N2O4S. The first kappa shape index (κ1) is 20.7. The Kier molecular flexibility index (Phi) is 5.73. The number of amides is 1. The highest BCUT2D eigenvalue weighted by atomic mass is 32.2. The van der Waals surface area contributed by atoms with Crippen LogP contribution < -0.4 is 9.04 Å². The zero-order valence-corrected chi connectivity index (χ0v) is 18.3. The molecule has 2 unspecified atom stereocenters. The van der Waals surface area contributed by atoms with Crippen molar-refractivity contribution in [2.24, 2.45) is 5.92 Å². The normalized spacial score (nSPS) is 21.2. The quantitative estimate of drug-likeness (QED) is 0.724. The van der Waals surface area contributed by atoms with E-state index in [-0.39, 0.29) is 10.8 Å². The van der Waals surface area contributed by atoms with Crippen LogP contribution in [0.25, 0.3) is 0 Å². The Hall–Kier alpha value is -2.54. The number of ether oxygens (including phenoxy) is 1. The smallest absolute Gasteiger partial charge is 0.264 e. The lowest BCUT2D eigenvalue weighted by molar-refractivity contribution is 0.0690. The molecule has 2 aromatic rings. The number of nitrogens with zero attached hydrogens (tertiary/aromatic N) is 2. The van der Waals surface area contributed by atoms with Crippen LogP contribution in [0.2, 0.25) is 0 Å². The average Bonchev–Trinajstić information content (AvgIpc) is 3.22. The van der Waals surface area contributed by atoms with E-state index in [9.17, 15) is 13.2 Å². The highest BCUT2D eigenvalue weighted by Gasteiger charge is 2.38. The summed E-state index contributed by atoms with van der Waals surface area (Å²) in [5.41, 5.74) is 0.961. The van der Waals surface area contributed by atoms with Gasteiger partial charge in [0.05, 0.1) is 17.7 Å². The molecule has 7 heteroatoms. The van der Waals surface area contributed by atoms with Gasteiger partial charge in [-0.3, -0.25) is 9.10 Å². The SMILES string of the molecule is COc1ccc(N(C)S(=O)(=O)c2cccc(C(=O)N3CCC4CCCCC43)c2)cc1. The molecule has 1 aliphatic heterocycles. The van der Waals surface area contributed by atoms with Gasteiger partial charge >= 0.3 is 0 Å². The Labute approximate surface area is 178 Å². The predicted molar refractivity (Wildman–Crippen MR) is 116 cm³/mol. The van der Waals surface area contributed by atoms with Crippen molar-refractivity contribution >= 4 is 21.6 Å². The average molecular weight is 429 g/mol. The third-order valence-electron chi connectivity index (χ3n) is 6.45. The summed E-state index contributed by atoms with van der Waals surface area (Å²) >= 11 is 0. The number of benzene rings is 2. The van der Waals surface area contributed by atoms with E-state index < -0.39 is 10.0 Å². The van der Waals surface area contributed by atoms with Crippen LogP contribution in [-0.2, 0) is 10.0 Å². The van der Waals surface area contributed by atoms with Crippen molar-refractivity contribution in [2.45, 2.75) is 43.0 Å². The fourth-order valence-electron chi connectivity index (χ4n) is 4.70. The molecule has 2 fully saturated rings. The van der Waals surface area contributed by atoms with Crippen LogP contribution in [0.15, 0.2) is 53.4 Å². The number of fused-ring (bicyclic) bond motifs is 1. The summed E-state index contributed by atoms with van der Waals surface area (Å²) in [6.45, 7) is 0.761. The third kappa shape index (κ3) is 3.78. The molecule has 2 aromatic carbocycles. The van der Waals surface area contributed by atoms with Crippen molar-refractivity contribution in [1.82, 2.24) is 4.90 Å². The van der Waals surface area contributed by atoms with Crippen LogP contribution >= 0.6 is 0 Å². The second kappa shape index (κ2) is 8.30. The second-order valence-corrected chi connectivity index (χ2v) is 10.1. The molecule has 6 nitrogen and oxygen atoms in total. The van der Waals surface area contributed by atoms with Crippen molar-refractivity contribution in [3.05, 3.63) is 54.1 Å². The molecule has 2 atom stereocenters. The number of methoxy groups -OCH3 is 1. The standard InChI is InChI=1S/C23H28N2O4S/c1-24(19-10-12-20(29-2)13-11-19)30(27,28)21-8-5-7-18(16-21)23(26)25-15-14-17-6-3-4-9-22(17)25/h5,7-8,10-13,16-17,22H,3-4,6,9,14-15H2,1-2H3. The van der Waals surface area contributed by atoms with Gasteiger partial charge in [-0.25, -0.2) is 8.42 Å². The number of hydrogen-bond donors (Lipinski definition) is 0. The zero-order valence-electron chi connectivity index (χ0n) is 17.5. The van der Waals surface area contributed by atoms with Gasteiger partial charge in [0, 0.05) is 25.2 Å². The lowest BCUT2D eigenvalue weighted by Crippen LogP contribution is -2.39. The Morgan fingerprint density at radius 2 is 1.80 bits per heavy atom. The summed E-state index contributed by atoms with van der Waals surface area (Å²) < 4.78 is 32.7. The van der Waals surface area contributed by atoms with Crippen LogP contribution in [0.1, 0.15) is 42.5 Å². The Morgan fingerprint density at radius 1 is 1.07 bits per heavy atom. The fourth-order valence-corrected chi connectivity index (χ4v) is 5.94. The molecule has 1 heterocycles. The first-order valence-electron chi connectivity index (χ1n) is 10.5. The highest BCUT2D eigenvalue weighted by molar-refractivity contribution is 7.92. The molecule has 0 N–H and O–H groups in total. The van der Waals surface area contributed by atoms with E-state index in [1.807, 2.05) is 4.90 Å². The number of sulfonamides is 1. The summed E-state index contributed by atoms with van der Waals surface area (Å²) in [5, 5.41) is 0. The lowest BCUT2D eigenvalue weighted by atomic mass is 9.85. The van der Waals surface area contributed by atoms with Gasteiger partial charge in [-0.15, -0.1) is 0 Å². The maximum atomic E-state index is 13.2. The minimum absolute atomic E-state index is 0.0615. The highest BCUT2D eigenvalue weighted by Crippen LogP contribution is 2.37. The maximum Gasteiger partial charge on any atom is 0.264 e. The van der Waals surface area contributed by atoms with Gasteiger partial charge < -0.3 is 9.64 Å². The van der Waals surface area contributed by atoms with Crippen LogP contribution in [-0.4, -0.2) is 46.0 Å². The van der Waals surface area contributed by atoms with Gasteiger partial charge in [-0.1, -0.05) is 18.9 Å². The molecule has 2 aliphatic rings. The van der Waals surface area contributed by atoms with E-state index in [4.69, 9.17) is 4.74 Å². The molecule has 1 saturated heterocycles. The van der Waals surface area contributed by atoms with Crippen molar-refractivity contribution in [3.63, 3.8) is 0 Å². The summed E-state index contributed by atoms with van der Waals surface area (Å²) in [6.07, 6.45) is 5.69. The Balaban J connectivity index is 1.58.